The van der Waals surface area contributed by atoms with E-state index in [1.54, 1.807) is 42.2 Å². The van der Waals surface area contributed by atoms with E-state index in [2.05, 4.69) is 4.72 Å². The summed E-state index contributed by atoms with van der Waals surface area (Å²) in [5, 5.41) is 8.57. The first-order chi connectivity index (χ1) is 15.9. The number of nitrogens with zero attached hydrogens (tertiary/aromatic N) is 2. The number of halogens is 1. The van der Waals surface area contributed by atoms with Gasteiger partial charge < -0.3 is 4.55 Å². The Hall–Kier alpha value is -3.32. The number of benzene rings is 3. The zero-order valence-electron chi connectivity index (χ0n) is 17.4. The van der Waals surface area contributed by atoms with Crippen molar-refractivity contribution in [3.8, 4) is 6.07 Å². The molecule has 1 aliphatic heterocycles. The van der Waals surface area contributed by atoms with Crippen molar-refractivity contribution < 1.29 is 18.5 Å². The minimum absolute atomic E-state index is 0.0726. The number of carbonyl (C=O) groups is 2. The molecule has 0 aliphatic carbocycles. The molecule has 2 atom stereocenters. The van der Waals surface area contributed by atoms with Crippen molar-refractivity contribution in [3.63, 3.8) is 0 Å². The Labute approximate surface area is 197 Å². The number of thioether (sulfide) groups is 1. The molecule has 9 heteroatoms. The first kappa shape index (κ1) is 22.9. The molecule has 6 nitrogen and oxygen atoms in total. The highest BCUT2D eigenvalue weighted by molar-refractivity contribution is 8.00. The van der Waals surface area contributed by atoms with Gasteiger partial charge in [-0.2, -0.15) is 9.98 Å². The SMILES string of the molecule is Cc1cc(C(=O)N[S+]([O-])c2ccc(C#N)cc2)ccc1N1C(=O)CSC1c1ccc(F)cc1. The third kappa shape index (κ3) is 4.88. The van der Waals surface area contributed by atoms with Gasteiger partial charge in [-0.25, -0.2) is 4.39 Å². The summed E-state index contributed by atoms with van der Waals surface area (Å²) in [6.07, 6.45) is 0. The highest BCUT2D eigenvalue weighted by Gasteiger charge is 2.35. The Kier molecular flexibility index (Phi) is 6.70. The van der Waals surface area contributed by atoms with Crippen molar-refractivity contribution in [2.24, 2.45) is 0 Å². The molecule has 2 unspecified atom stereocenters. The number of hydrogen-bond donors (Lipinski definition) is 1. The second-order valence-corrected chi connectivity index (χ2v) is 9.60. The van der Waals surface area contributed by atoms with Crippen LogP contribution in [-0.2, 0) is 16.2 Å². The average molecular weight is 480 g/mol. The monoisotopic (exact) mass is 479 g/mol. The minimum atomic E-state index is -1.78. The lowest BCUT2D eigenvalue weighted by Crippen LogP contribution is -2.31. The molecular weight excluding hydrogens is 461 g/mol. The Morgan fingerprint density at radius 1 is 1.18 bits per heavy atom. The van der Waals surface area contributed by atoms with E-state index in [-0.39, 0.29) is 17.1 Å². The van der Waals surface area contributed by atoms with Crippen LogP contribution in [0.3, 0.4) is 0 Å². The Bertz CT molecular complexity index is 1240. The Morgan fingerprint density at radius 3 is 2.52 bits per heavy atom. The molecule has 1 saturated heterocycles. The zero-order valence-corrected chi connectivity index (χ0v) is 19.1. The molecule has 0 radical (unpaired) electrons. The quantitative estimate of drug-likeness (QED) is 0.553. The summed E-state index contributed by atoms with van der Waals surface area (Å²) >= 11 is -0.329. The van der Waals surface area contributed by atoms with Gasteiger partial charge in [0.15, 0.2) is 4.90 Å². The maximum absolute atomic E-state index is 13.3. The molecule has 4 rings (SSSR count). The Balaban J connectivity index is 1.53. The summed E-state index contributed by atoms with van der Waals surface area (Å²) in [6.45, 7) is 1.79. The fourth-order valence-corrected chi connectivity index (χ4v) is 5.44. The van der Waals surface area contributed by atoms with Gasteiger partial charge in [0.05, 0.1) is 17.4 Å². The van der Waals surface area contributed by atoms with E-state index in [0.29, 0.717) is 33.0 Å². The molecule has 33 heavy (non-hydrogen) atoms. The lowest BCUT2D eigenvalue weighted by molar-refractivity contribution is -0.115. The topological polar surface area (TPSA) is 96.3 Å². The van der Waals surface area contributed by atoms with Gasteiger partial charge >= 0.3 is 0 Å². The molecule has 166 valence electrons. The molecule has 1 heterocycles. The van der Waals surface area contributed by atoms with Crippen LogP contribution in [-0.4, -0.2) is 22.1 Å². The van der Waals surface area contributed by atoms with Crippen molar-refractivity contribution >= 4 is 40.6 Å². The van der Waals surface area contributed by atoms with Gasteiger partial charge in [-0.3, -0.25) is 14.5 Å². The normalized spacial score (nSPS) is 16.4. The third-order valence-corrected chi connectivity index (χ3v) is 7.41. The van der Waals surface area contributed by atoms with Gasteiger partial charge in [0.2, 0.25) is 5.91 Å². The number of amides is 2. The minimum Gasteiger partial charge on any atom is -0.588 e. The van der Waals surface area contributed by atoms with E-state index in [0.717, 1.165) is 5.56 Å². The first-order valence-electron chi connectivity index (χ1n) is 9.90. The highest BCUT2D eigenvalue weighted by Crippen LogP contribution is 2.42. The van der Waals surface area contributed by atoms with E-state index < -0.39 is 17.3 Å². The van der Waals surface area contributed by atoms with Gasteiger partial charge in [-0.1, -0.05) is 12.1 Å². The van der Waals surface area contributed by atoms with E-state index in [9.17, 15) is 18.5 Å². The number of rotatable bonds is 5. The summed E-state index contributed by atoms with van der Waals surface area (Å²) in [7, 11) is 0. The smallest absolute Gasteiger partial charge is 0.292 e. The summed E-state index contributed by atoms with van der Waals surface area (Å²) in [6, 6.07) is 19.0. The Morgan fingerprint density at radius 2 is 1.88 bits per heavy atom. The van der Waals surface area contributed by atoms with Gasteiger partial charge in [-0.05, 0) is 72.6 Å². The predicted octanol–water partition coefficient (Wildman–Crippen LogP) is 4.24. The van der Waals surface area contributed by atoms with Gasteiger partial charge in [0.25, 0.3) is 5.91 Å². The number of nitriles is 1. The van der Waals surface area contributed by atoms with E-state index in [1.807, 2.05) is 6.07 Å². The highest BCUT2D eigenvalue weighted by atomic mass is 32.2. The molecule has 0 aromatic heterocycles. The second-order valence-electron chi connectivity index (χ2n) is 7.32. The number of carbonyl (C=O) groups excluding carboxylic acids is 2. The zero-order chi connectivity index (χ0) is 23.5. The summed E-state index contributed by atoms with van der Waals surface area (Å²) < 4.78 is 28.2. The molecular formula is C24H18FN3O3S2. The van der Waals surface area contributed by atoms with Crippen molar-refractivity contribution in [2.75, 3.05) is 10.7 Å². The van der Waals surface area contributed by atoms with Crippen LogP contribution in [0.25, 0.3) is 0 Å². The van der Waals surface area contributed by atoms with Crippen LogP contribution in [0.5, 0.6) is 0 Å². The fraction of sp³-hybridized carbons (Fsp3) is 0.125. The van der Waals surface area contributed by atoms with Gasteiger partial charge in [-0.15, -0.1) is 11.8 Å². The van der Waals surface area contributed by atoms with E-state index >= 15 is 0 Å². The number of hydrogen-bond acceptors (Lipinski definition) is 5. The van der Waals surface area contributed by atoms with Crippen molar-refractivity contribution in [2.45, 2.75) is 17.2 Å². The lowest BCUT2D eigenvalue weighted by atomic mass is 10.1. The van der Waals surface area contributed by atoms with Crippen LogP contribution in [0, 0.1) is 24.1 Å². The van der Waals surface area contributed by atoms with Crippen LogP contribution in [0.15, 0.2) is 71.6 Å². The largest absolute Gasteiger partial charge is 0.588 e. The lowest BCUT2D eigenvalue weighted by Gasteiger charge is -2.26. The molecule has 1 aliphatic rings. The van der Waals surface area contributed by atoms with Crippen LogP contribution < -0.4 is 9.62 Å². The molecule has 3 aromatic rings. The van der Waals surface area contributed by atoms with E-state index in [1.165, 1.54) is 48.2 Å². The summed E-state index contributed by atoms with van der Waals surface area (Å²) in [5.74, 6) is -0.640. The number of aryl methyl sites for hydroxylation is 1. The third-order valence-electron chi connectivity index (χ3n) is 5.12. The van der Waals surface area contributed by atoms with E-state index in [4.69, 9.17) is 5.26 Å². The second kappa shape index (κ2) is 9.67. The number of nitrogens with one attached hydrogen (secondary N) is 1. The predicted molar refractivity (Wildman–Crippen MR) is 125 cm³/mol. The van der Waals surface area contributed by atoms with Crippen LogP contribution in [0.1, 0.15) is 32.4 Å². The van der Waals surface area contributed by atoms with Crippen molar-refractivity contribution in [1.29, 1.82) is 5.26 Å². The van der Waals surface area contributed by atoms with Gasteiger partial charge in [0.1, 0.15) is 22.6 Å². The molecule has 0 spiro atoms. The molecule has 0 bridgehead atoms. The first-order valence-corrected chi connectivity index (χ1v) is 12.1. The van der Waals surface area contributed by atoms with Crippen LogP contribution >= 0.6 is 11.8 Å². The molecule has 1 N–H and O–H groups in total. The maximum atomic E-state index is 13.3. The van der Waals surface area contributed by atoms with Crippen molar-refractivity contribution in [3.05, 3.63) is 94.8 Å². The fourth-order valence-electron chi connectivity index (χ4n) is 3.48. The molecule has 2 amide bonds. The average Bonchev–Trinajstić information content (AvgIpc) is 3.20. The van der Waals surface area contributed by atoms with Crippen LogP contribution in [0.2, 0.25) is 0 Å². The molecule has 1 fully saturated rings. The maximum Gasteiger partial charge on any atom is 0.292 e. The molecule has 0 saturated carbocycles. The summed E-state index contributed by atoms with van der Waals surface area (Å²) in [4.78, 5) is 27.3. The number of anilines is 1. The van der Waals surface area contributed by atoms with Gasteiger partial charge in [0, 0.05) is 11.3 Å². The standard InChI is InChI=1S/C24H18FN3O3S2/c1-15-12-18(23(30)27-33(31)20-9-2-16(13-26)3-10-20)6-11-21(15)28-22(29)14-32-24(28)17-4-7-19(25)8-5-17/h2-12,24H,14H2,1H3,(H,27,30). The summed E-state index contributed by atoms with van der Waals surface area (Å²) in [5.41, 5.74) is 2.91. The van der Waals surface area contributed by atoms with Crippen LogP contribution in [0.4, 0.5) is 10.1 Å². The van der Waals surface area contributed by atoms with Crippen molar-refractivity contribution in [1.82, 2.24) is 4.72 Å². The molecule has 3 aromatic carbocycles.